The minimum atomic E-state index is -0.349. The van der Waals surface area contributed by atoms with E-state index in [9.17, 15) is 9.59 Å². The van der Waals surface area contributed by atoms with Crippen LogP contribution in [0.2, 0.25) is 0 Å². The van der Waals surface area contributed by atoms with Crippen molar-refractivity contribution in [3.05, 3.63) is 109 Å². The molecule has 0 saturated carbocycles. The molecule has 4 rings (SSSR count). The van der Waals surface area contributed by atoms with E-state index in [-0.39, 0.29) is 45.9 Å². The average molecular weight is 586 g/mol. The summed E-state index contributed by atoms with van der Waals surface area (Å²) in [5, 5.41) is 0. The van der Waals surface area contributed by atoms with Crippen LogP contribution in [0.25, 0.3) is 22.5 Å². The predicted molar refractivity (Wildman–Crippen MR) is 118 cm³/mol. The molecular weight excluding hydrogens is 564 g/mol. The second kappa shape index (κ2) is 12.2. The predicted octanol–water partition coefficient (Wildman–Crippen LogP) is -2.51. The summed E-state index contributed by atoms with van der Waals surface area (Å²) in [6.07, 6.45) is 7.92. The SMILES string of the molecule is COC(=O)c1ccc(-[n+]2ccc(-c3cc[n+](-c4ccc(C(=O)OC)cc4)cc3)cc2)cc1.[Br-].[Br-]. The molecule has 0 spiro atoms. The van der Waals surface area contributed by atoms with Gasteiger partial charge >= 0.3 is 11.9 Å². The molecule has 0 bridgehead atoms. The zero-order valence-corrected chi connectivity index (χ0v) is 21.7. The maximum Gasteiger partial charge on any atom is 0.337 e. The summed E-state index contributed by atoms with van der Waals surface area (Å²) in [4.78, 5) is 23.2. The van der Waals surface area contributed by atoms with Crippen molar-refractivity contribution in [1.29, 1.82) is 0 Å². The Bertz CT molecular complexity index is 1140. The fourth-order valence-electron chi connectivity index (χ4n) is 3.36. The van der Waals surface area contributed by atoms with E-state index < -0.39 is 0 Å². The molecule has 0 fully saturated rings. The molecule has 0 amide bonds. The number of nitrogens with zero attached hydrogens (tertiary/aromatic N) is 2. The van der Waals surface area contributed by atoms with Gasteiger partial charge in [-0.1, -0.05) is 0 Å². The van der Waals surface area contributed by atoms with E-state index >= 15 is 0 Å². The van der Waals surface area contributed by atoms with Crippen LogP contribution in [0.5, 0.6) is 0 Å². The van der Waals surface area contributed by atoms with Crippen LogP contribution in [0.3, 0.4) is 0 Å². The maximum atomic E-state index is 11.6. The van der Waals surface area contributed by atoms with Gasteiger partial charge in [-0.05, 0) is 35.4 Å². The molecule has 6 nitrogen and oxygen atoms in total. The molecule has 0 N–H and O–H groups in total. The Labute approximate surface area is 218 Å². The molecule has 34 heavy (non-hydrogen) atoms. The van der Waals surface area contributed by atoms with Gasteiger partial charge in [-0.3, -0.25) is 0 Å². The third-order valence-corrected chi connectivity index (χ3v) is 5.17. The normalized spacial score (nSPS) is 9.82. The number of carbonyl (C=O) groups is 2. The van der Waals surface area contributed by atoms with Crippen molar-refractivity contribution in [3.63, 3.8) is 0 Å². The van der Waals surface area contributed by atoms with Crippen molar-refractivity contribution >= 4 is 11.9 Å². The Morgan fingerprint density at radius 1 is 0.529 bits per heavy atom. The van der Waals surface area contributed by atoms with Gasteiger partial charge in [-0.2, -0.15) is 9.13 Å². The van der Waals surface area contributed by atoms with Gasteiger partial charge < -0.3 is 43.4 Å². The standard InChI is InChI=1S/C26H22N2O4.2BrH/c1-31-25(29)21-3-7-23(8-4-21)27-15-11-19(12-16-27)20-13-17-28(18-14-20)24-9-5-22(6-10-24)26(30)32-2;;/h3-18H,1-2H3;2*1H/q+2;;/p-2. The molecule has 0 aliphatic carbocycles. The molecule has 0 atom stereocenters. The molecule has 174 valence electrons. The molecular formula is C26H22Br2N2O4. The van der Waals surface area contributed by atoms with E-state index in [1.165, 1.54) is 14.2 Å². The van der Waals surface area contributed by atoms with Crippen LogP contribution in [-0.2, 0) is 9.47 Å². The summed E-state index contributed by atoms with van der Waals surface area (Å²) in [6, 6.07) is 22.7. The zero-order valence-electron chi connectivity index (χ0n) is 18.5. The smallest absolute Gasteiger partial charge is 0.337 e. The van der Waals surface area contributed by atoms with Crippen LogP contribution in [0.1, 0.15) is 20.7 Å². The van der Waals surface area contributed by atoms with E-state index in [0.717, 1.165) is 22.5 Å². The number of methoxy groups -OCH3 is 2. The fourth-order valence-corrected chi connectivity index (χ4v) is 3.36. The van der Waals surface area contributed by atoms with Gasteiger partial charge in [-0.25, -0.2) is 9.59 Å². The van der Waals surface area contributed by atoms with E-state index in [0.29, 0.717) is 11.1 Å². The van der Waals surface area contributed by atoms with E-state index in [2.05, 4.69) is 0 Å². The number of carbonyl (C=O) groups excluding carboxylic acids is 2. The van der Waals surface area contributed by atoms with Crippen molar-refractivity contribution in [2.24, 2.45) is 0 Å². The molecule has 0 aliphatic rings. The molecule has 0 saturated heterocycles. The lowest BCUT2D eigenvalue weighted by Gasteiger charge is -2.03. The number of hydrogen-bond acceptors (Lipinski definition) is 4. The molecule has 2 heterocycles. The first kappa shape index (κ1) is 26.9. The third kappa shape index (κ3) is 5.95. The highest BCUT2D eigenvalue weighted by atomic mass is 79.9. The average Bonchev–Trinajstić information content (AvgIpc) is 2.88. The highest BCUT2D eigenvalue weighted by molar-refractivity contribution is 5.89. The van der Waals surface area contributed by atoms with E-state index in [1.807, 2.05) is 82.5 Å². The molecule has 8 heteroatoms. The van der Waals surface area contributed by atoms with Crippen LogP contribution in [-0.4, -0.2) is 26.2 Å². The Balaban J connectivity index is 0.00000204. The first-order valence-corrected chi connectivity index (χ1v) is 9.99. The van der Waals surface area contributed by atoms with Crippen molar-refractivity contribution in [2.45, 2.75) is 0 Å². The number of ether oxygens (including phenoxy) is 2. The van der Waals surface area contributed by atoms with E-state index in [1.54, 1.807) is 24.3 Å². The number of aromatic nitrogens is 2. The number of hydrogen-bond donors (Lipinski definition) is 0. The van der Waals surface area contributed by atoms with Gasteiger partial charge in [0.15, 0.2) is 24.8 Å². The van der Waals surface area contributed by atoms with E-state index in [4.69, 9.17) is 9.47 Å². The number of rotatable bonds is 5. The highest BCUT2D eigenvalue weighted by Gasteiger charge is 2.12. The van der Waals surface area contributed by atoms with Gasteiger partial charge in [0.1, 0.15) is 0 Å². The lowest BCUT2D eigenvalue weighted by atomic mass is 10.1. The summed E-state index contributed by atoms with van der Waals surface area (Å²) >= 11 is 0. The second-order valence-corrected chi connectivity index (χ2v) is 7.07. The second-order valence-electron chi connectivity index (χ2n) is 7.07. The van der Waals surface area contributed by atoms with Crippen molar-refractivity contribution in [1.82, 2.24) is 0 Å². The quantitative estimate of drug-likeness (QED) is 0.192. The monoisotopic (exact) mass is 584 g/mol. The number of benzene rings is 2. The maximum absolute atomic E-state index is 11.6. The van der Waals surface area contributed by atoms with Gasteiger partial charge in [0.2, 0.25) is 11.4 Å². The number of halogens is 2. The zero-order chi connectivity index (χ0) is 22.5. The molecule has 0 unspecified atom stereocenters. The number of esters is 2. The molecule has 4 aromatic rings. The van der Waals surface area contributed by atoms with Gasteiger partial charge in [0, 0.05) is 48.5 Å². The van der Waals surface area contributed by atoms with Crippen molar-refractivity contribution in [2.75, 3.05) is 14.2 Å². The molecule has 0 aliphatic heterocycles. The summed E-state index contributed by atoms with van der Waals surface area (Å²) in [5.41, 5.74) is 5.11. The van der Waals surface area contributed by atoms with Crippen LogP contribution < -0.4 is 43.1 Å². The Hall–Kier alpha value is -3.36. The molecule has 2 aromatic carbocycles. The third-order valence-electron chi connectivity index (χ3n) is 5.17. The summed E-state index contributed by atoms with van der Waals surface area (Å²) in [5.74, 6) is -0.699. The minimum absolute atomic E-state index is 0. The largest absolute Gasteiger partial charge is 1.00 e. The van der Waals surface area contributed by atoms with Crippen molar-refractivity contribution < 1.29 is 62.2 Å². The molecule has 2 aromatic heterocycles. The van der Waals surface area contributed by atoms with Crippen LogP contribution in [0.15, 0.2) is 97.6 Å². The highest BCUT2D eigenvalue weighted by Crippen LogP contribution is 2.17. The Morgan fingerprint density at radius 3 is 1.09 bits per heavy atom. The van der Waals surface area contributed by atoms with Gasteiger partial charge in [-0.15, -0.1) is 0 Å². The Kier molecular flexibility index (Phi) is 9.65. The lowest BCUT2D eigenvalue weighted by molar-refractivity contribution is -0.596. The Morgan fingerprint density at radius 2 is 0.824 bits per heavy atom. The van der Waals surface area contributed by atoms with Gasteiger partial charge in [0.05, 0.1) is 25.3 Å². The topological polar surface area (TPSA) is 60.4 Å². The summed E-state index contributed by atoms with van der Waals surface area (Å²) in [6.45, 7) is 0. The first-order valence-electron chi connectivity index (χ1n) is 9.99. The van der Waals surface area contributed by atoms with Crippen LogP contribution in [0, 0.1) is 0 Å². The summed E-state index contributed by atoms with van der Waals surface area (Å²) < 4.78 is 13.4. The van der Waals surface area contributed by atoms with Crippen LogP contribution in [0.4, 0.5) is 0 Å². The first-order chi connectivity index (χ1) is 15.6. The van der Waals surface area contributed by atoms with Gasteiger partial charge in [0.25, 0.3) is 0 Å². The lowest BCUT2D eigenvalue weighted by Crippen LogP contribution is -3.00. The van der Waals surface area contributed by atoms with Crippen molar-refractivity contribution in [3.8, 4) is 22.5 Å². The summed E-state index contributed by atoms with van der Waals surface area (Å²) in [7, 11) is 2.74. The fraction of sp³-hybridized carbons (Fsp3) is 0.0769. The minimum Gasteiger partial charge on any atom is -1.00 e. The number of pyridine rings is 2. The molecule has 0 radical (unpaired) electrons. The van der Waals surface area contributed by atoms with Crippen LogP contribution >= 0.6 is 0 Å².